The first-order valence-electron chi connectivity index (χ1n) is 10.3. The zero-order chi connectivity index (χ0) is 20.4. The molecule has 0 aromatic heterocycles. The number of hydrogen-bond donors (Lipinski definition) is 0. The van der Waals surface area contributed by atoms with Crippen LogP contribution >= 0.6 is 0 Å². The van der Waals surface area contributed by atoms with Gasteiger partial charge in [-0.05, 0) is 28.7 Å². The molecule has 1 aliphatic carbocycles. The molecule has 0 spiro atoms. The summed E-state index contributed by atoms with van der Waals surface area (Å²) < 4.78 is 5.59. The van der Waals surface area contributed by atoms with Gasteiger partial charge in [0.15, 0.2) is 5.78 Å². The quantitative estimate of drug-likeness (QED) is 0.530. The van der Waals surface area contributed by atoms with Gasteiger partial charge in [0, 0.05) is 5.92 Å². The van der Waals surface area contributed by atoms with Crippen molar-refractivity contribution in [2.75, 3.05) is 6.61 Å². The maximum atomic E-state index is 12.8. The summed E-state index contributed by atoms with van der Waals surface area (Å²) >= 11 is 0. The van der Waals surface area contributed by atoms with Gasteiger partial charge in [-0.25, -0.2) is 9.69 Å². The van der Waals surface area contributed by atoms with Crippen LogP contribution in [-0.4, -0.2) is 35.3 Å². The van der Waals surface area contributed by atoms with Crippen molar-refractivity contribution in [1.82, 2.24) is 4.90 Å². The highest BCUT2D eigenvalue weighted by atomic mass is 16.6. The van der Waals surface area contributed by atoms with Crippen molar-refractivity contribution in [3.63, 3.8) is 0 Å². The average Bonchev–Trinajstić information content (AvgIpc) is 3.20. The Morgan fingerprint density at radius 1 is 1.00 bits per heavy atom. The van der Waals surface area contributed by atoms with Crippen molar-refractivity contribution < 1.29 is 19.1 Å². The van der Waals surface area contributed by atoms with Crippen molar-refractivity contribution in [1.29, 1.82) is 0 Å². The fourth-order valence-electron chi connectivity index (χ4n) is 4.44. The SMILES string of the molecule is CCCCCC1C(=O)CC(=O)N1C(=O)OCC1c2ccccc2-c2ccccc21. The van der Waals surface area contributed by atoms with E-state index in [4.69, 9.17) is 4.74 Å². The predicted octanol–water partition coefficient (Wildman–Crippen LogP) is 4.69. The summed E-state index contributed by atoms with van der Waals surface area (Å²) in [6, 6.07) is 15.5. The molecule has 0 N–H and O–H groups in total. The molecule has 1 heterocycles. The fourth-order valence-corrected chi connectivity index (χ4v) is 4.44. The zero-order valence-corrected chi connectivity index (χ0v) is 16.6. The largest absolute Gasteiger partial charge is 0.448 e. The van der Waals surface area contributed by atoms with E-state index in [0.29, 0.717) is 6.42 Å². The summed E-state index contributed by atoms with van der Waals surface area (Å²) in [5.74, 6) is -0.702. The molecule has 150 valence electrons. The van der Waals surface area contributed by atoms with Crippen LogP contribution in [0.4, 0.5) is 4.79 Å². The number of ether oxygens (including phenoxy) is 1. The van der Waals surface area contributed by atoms with E-state index < -0.39 is 18.0 Å². The Hall–Kier alpha value is -2.95. The second-order valence-electron chi connectivity index (χ2n) is 7.72. The van der Waals surface area contributed by atoms with E-state index in [2.05, 4.69) is 19.1 Å². The van der Waals surface area contributed by atoms with Crippen LogP contribution in [0.15, 0.2) is 48.5 Å². The molecule has 1 atom stereocenters. The van der Waals surface area contributed by atoms with E-state index in [0.717, 1.165) is 46.4 Å². The average molecular weight is 391 g/mol. The minimum Gasteiger partial charge on any atom is -0.448 e. The summed E-state index contributed by atoms with van der Waals surface area (Å²) in [4.78, 5) is 38.3. The second kappa shape index (κ2) is 8.19. The van der Waals surface area contributed by atoms with Crippen molar-refractivity contribution in [3.05, 3.63) is 59.7 Å². The van der Waals surface area contributed by atoms with Crippen LogP contribution in [0.5, 0.6) is 0 Å². The molecule has 1 fully saturated rings. The van der Waals surface area contributed by atoms with Crippen LogP contribution in [0.2, 0.25) is 0 Å². The highest BCUT2D eigenvalue weighted by Crippen LogP contribution is 2.44. The molecule has 1 saturated heterocycles. The van der Waals surface area contributed by atoms with Gasteiger partial charge in [-0.2, -0.15) is 0 Å². The molecular weight excluding hydrogens is 366 g/mol. The Morgan fingerprint density at radius 3 is 2.24 bits per heavy atom. The van der Waals surface area contributed by atoms with Crippen molar-refractivity contribution in [2.45, 2.75) is 51.0 Å². The number of fused-ring (bicyclic) bond motifs is 3. The van der Waals surface area contributed by atoms with Gasteiger partial charge in [-0.1, -0.05) is 74.7 Å². The standard InChI is InChI=1S/C24H25NO4/c1-2-3-4-13-21-22(26)14-23(27)25(21)24(28)29-15-20-18-11-7-5-9-16(18)17-10-6-8-12-19(17)20/h5-12,20-21H,2-4,13-15H2,1H3. The molecule has 2 aromatic rings. The molecule has 1 unspecified atom stereocenters. The smallest absolute Gasteiger partial charge is 0.417 e. The number of ketones is 1. The highest BCUT2D eigenvalue weighted by molar-refractivity contribution is 6.13. The van der Waals surface area contributed by atoms with Gasteiger partial charge in [0.1, 0.15) is 12.6 Å². The number of carbonyl (C=O) groups is 3. The number of benzene rings is 2. The fraction of sp³-hybridized carbons (Fsp3) is 0.375. The number of rotatable bonds is 6. The lowest BCUT2D eigenvalue weighted by molar-refractivity contribution is -0.127. The first-order valence-corrected chi connectivity index (χ1v) is 10.3. The van der Waals surface area contributed by atoms with Gasteiger partial charge in [0.25, 0.3) is 0 Å². The van der Waals surface area contributed by atoms with E-state index in [-0.39, 0.29) is 24.7 Å². The van der Waals surface area contributed by atoms with Crippen LogP contribution in [0.1, 0.15) is 56.1 Å². The minimum absolute atomic E-state index is 0.0710. The number of unbranched alkanes of at least 4 members (excludes halogenated alkanes) is 2. The first-order chi connectivity index (χ1) is 14.1. The van der Waals surface area contributed by atoms with Crippen molar-refractivity contribution in [3.8, 4) is 11.1 Å². The lowest BCUT2D eigenvalue weighted by Crippen LogP contribution is -2.41. The highest BCUT2D eigenvalue weighted by Gasteiger charge is 2.43. The molecule has 29 heavy (non-hydrogen) atoms. The Balaban J connectivity index is 1.49. The lowest BCUT2D eigenvalue weighted by Gasteiger charge is -2.22. The topological polar surface area (TPSA) is 63.7 Å². The molecule has 2 amide bonds. The number of carbonyl (C=O) groups excluding carboxylic acids is 3. The molecule has 4 rings (SSSR count). The third kappa shape index (κ3) is 3.57. The van der Waals surface area contributed by atoms with Crippen LogP contribution < -0.4 is 0 Å². The normalized spacial score (nSPS) is 18.1. The summed E-state index contributed by atoms with van der Waals surface area (Å²) in [5, 5.41) is 0. The van der Waals surface area contributed by atoms with Crippen LogP contribution in [-0.2, 0) is 14.3 Å². The van der Waals surface area contributed by atoms with Gasteiger partial charge in [0.2, 0.25) is 5.91 Å². The summed E-state index contributed by atoms with van der Waals surface area (Å²) in [5.41, 5.74) is 4.53. The van der Waals surface area contributed by atoms with Gasteiger partial charge < -0.3 is 4.74 Å². The van der Waals surface area contributed by atoms with Crippen molar-refractivity contribution >= 4 is 17.8 Å². The van der Waals surface area contributed by atoms with Crippen LogP contribution in [0.3, 0.4) is 0 Å². The molecule has 0 saturated carbocycles. The van der Waals surface area contributed by atoms with Gasteiger partial charge in [-0.3, -0.25) is 9.59 Å². The summed E-state index contributed by atoms with van der Waals surface area (Å²) in [6.07, 6.45) is 2.40. The van der Waals surface area contributed by atoms with E-state index in [1.165, 1.54) is 0 Å². The molecule has 0 radical (unpaired) electrons. The molecule has 2 aliphatic rings. The second-order valence-corrected chi connectivity index (χ2v) is 7.72. The third-order valence-electron chi connectivity index (χ3n) is 5.89. The molecule has 0 bridgehead atoms. The van der Waals surface area contributed by atoms with Crippen molar-refractivity contribution in [2.24, 2.45) is 0 Å². The molecule has 5 heteroatoms. The maximum absolute atomic E-state index is 12.8. The zero-order valence-electron chi connectivity index (χ0n) is 16.6. The summed E-state index contributed by atoms with van der Waals surface area (Å²) in [6.45, 7) is 2.22. The number of amides is 2. The molecular formula is C24H25NO4. The first kappa shape index (κ1) is 19.4. The number of imide groups is 1. The Kier molecular flexibility index (Phi) is 5.47. The summed E-state index contributed by atoms with van der Waals surface area (Å²) in [7, 11) is 0. The van der Waals surface area contributed by atoms with Gasteiger partial charge in [0.05, 0.1) is 6.42 Å². The van der Waals surface area contributed by atoms with E-state index in [1.54, 1.807) is 0 Å². The lowest BCUT2D eigenvalue weighted by atomic mass is 9.98. The number of hydrogen-bond acceptors (Lipinski definition) is 4. The van der Waals surface area contributed by atoms with E-state index >= 15 is 0 Å². The van der Waals surface area contributed by atoms with E-state index in [9.17, 15) is 14.4 Å². The minimum atomic E-state index is -0.704. The predicted molar refractivity (Wildman–Crippen MR) is 109 cm³/mol. The van der Waals surface area contributed by atoms with Crippen LogP contribution in [0.25, 0.3) is 11.1 Å². The molecule has 5 nitrogen and oxygen atoms in total. The molecule has 2 aromatic carbocycles. The Bertz CT molecular complexity index is 906. The Labute approximate surface area is 170 Å². The number of nitrogens with zero attached hydrogens (tertiary/aromatic N) is 1. The monoisotopic (exact) mass is 391 g/mol. The number of likely N-dealkylation sites (tertiary alicyclic amines) is 1. The third-order valence-corrected chi connectivity index (χ3v) is 5.89. The van der Waals surface area contributed by atoms with E-state index in [1.807, 2.05) is 36.4 Å². The van der Waals surface area contributed by atoms with Gasteiger partial charge >= 0.3 is 6.09 Å². The number of Topliss-reactive ketones (excluding diaryl/α,β-unsaturated/α-hetero) is 1. The molecule has 1 aliphatic heterocycles. The Morgan fingerprint density at radius 2 is 1.62 bits per heavy atom. The van der Waals surface area contributed by atoms with Gasteiger partial charge in [-0.15, -0.1) is 0 Å². The van der Waals surface area contributed by atoms with Crippen LogP contribution in [0, 0.1) is 0 Å². The maximum Gasteiger partial charge on any atom is 0.417 e.